The molecule has 0 aliphatic heterocycles. The van der Waals surface area contributed by atoms with E-state index in [0.29, 0.717) is 23.9 Å². The molecule has 0 unspecified atom stereocenters. The lowest BCUT2D eigenvalue weighted by atomic mass is 10.1. The number of nitrogens with zero attached hydrogens (tertiary/aromatic N) is 1. The van der Waals surface area contributed by atoms with Crippen LogP contribution in [0.2, 0.25) is 0 Å². The molecule has 0 bridgehead atoms. The van der Waals surface area contributed by atoms with Gasteiger partial charge in [-0.3, -0.25) is 9.80 Å². The van der Waals surface area contributed by atoms with Crippen molar-refractivity contribution >= 4 is 5.97 Å². The SMILES string of the molecule is C=C(N)N(C)NCCc1ccc(OC(C)=O)c(OC)c1. The van der Waals surface area contributed by atoms with Gasteiger partial charge in [-0.1, -0.05) is 12.6 Å². The normalized spacial score (nSPS) is 9.95. The maximum atomic E-state index is 11.0. The van der Waals surface area contributed by atoms with E-state index in [-0.39, 0.29) is 5.97 Å². The highest BCUT2D eigenvalue weighted by atomic mass is 16.6. The molecular weight excluding hydrogens is 258 g/mol. The fraction of sp³-hybridized carbons (Fsp3) is 0.357. The van der Waals surface area contributed by atoms with Gasteiger partial charge in [-0.25, -0.2) is 5.43 Å². The van der Waals surface area contributed by atoms with Crippen molar-refractivity contribution < 1.29 is 14.3 Å². The highest BCUT2D eigenvalue weighted by molar-refractivity contribution is 5.70. The molecule has 0 heterocycles. The molecule has 0 amide bonds. The summed E-state index contributed by atoms with van der Waals surface area (Å²) in [6, 6.07) is 5.46. The average molecular weight is 279 g/mol. The Balaban J connectivity index is 2.63. The molecule has 0 saturated heterocycles. The Morgan fingerprint density at radius 3 is 2.70 bits per heavy atom. The molecule has 0 aliphatic carbocycles. The molecular formula is C14H21N3O3. The molecule has 110 valence electrons. The fourth-order valence-electron chi connectivity index (χ4n) is 1.58. The summed E-state index contributed by atoms with van der Waals surface area (Å²) < 4.78 is 10.3. The monoisotopic (exact) mass is 279 g/mol. The number of esters is 1. The minimum absolute atomic E-state index is 0.374. The van der Waals surface area contributed by atoms with Crippen LogP contribution in [0, 0.1) is 0 Å². The average Bonchev–Trinajstić information content (AvgIpc) is 2.39. The van der Waals surface area contributed by atoms with Crippen molar-refractivity contribution in [1.82, 2.24) is 10.4 Å². The highest BCUT2D eigenvalue weighted by Crippen LogP contribution is 2.28. The van der Waals surface area contributed by atoms with Gasteiger partial charge in [-0.2, -0.15) is 0 Å². The van der Waals surface area contributed by atoms with E-state index < -0.39 is 0 Å². The van der Waals surface area contributed by atoms with Crippen molar-refractivity contribution in [2.75, 3.05) is 20.7 Å². The van der Waals surface area contributed by atoms with Crippen molar-refractivity contribution in [3.05, 3.63) is 36.2 Å². The summed E-state index contributed by atoms with van der Waals surface area (Å²) in [5.41, 5.74) is 9.68. The molecule has 0 atom stereocenters. The van der Waals surface area contributed by atoms with Gasteiger partial charge in [0.15, 0.2) is 11.5 Å². The number of carbonyl (C=O) groups is 1. The maximum Gasteiger partial charge on any atom is 0.308 e. The first-order valence-electron chi connectivity index (χ1n) is 6.21. The van der Waals surface area contributed by atoms with Gasteiger partial charge in [0.05, 0.1) is 7.11 Å². The molecule has 1 rings (SSSR count). The Labute approximate surface area is 119 Å². The zero-order chi connectivity index (χ0) is 15.1. The Morgan fingerprint density at radius 1 is 1.45 bits per heavy atom. The van der Waals surface area contributed by atoms with Crippen molar-refractivity contribution in [2.24, 2.45) is 5.73 Å². The van der Waals surface area contributed by atoms with E-state index in [1.807, 2.05) is 12.1 Å². The summed E-state index contributed by atoms with van der Waals surface area (Å²) in [6.07, 6.45) is 0.772. The summed E-state index contributed by atoms with van der Waals surface area (Å²) in [4.78, 5) is 11.0. The maximum absolute atomic E-state index is 11.0. The van der Waals surface area contributed by atoms with Crippen LogP contribution in [0.3, 0.4) is 0 Å². The second-order valence-electron chi connectivity index (χ2n) is 4.29. The first-order chi connectivity index (χ1) is 9.43. The van der Waals surface area contributed by atoms with Crippen molar-refractivity contribution in [3.8, 4) is 11.5 Å². The van der Waals surface area contributed by atoms with E-state index in [9.17, 15) is 4.79 Å². The third-order valence-electron chi connectivity index (χ3n) is 2.68. The van der Waals surface area contributed by atoms with E-state index in [1.54, 1.807) is 18.1 Å². The fourth-order valence-corrected chi connectivity index (χ4v) is 1.58. The van der Waals surface area contributed by atoms with Crippen LogP contribution in [-0.2, 0) is 11.2 Å². The zero-order valence-corrected chi connectivity index (χ0v) is 12.1. The number of methoxy groups -OCH3 is 1. The van der Waals surface area contributed by atoms with E-state index in [2.05, 4.69) is 12.0 Å². The molecule has 0 radical (unpaired) electrons. The third kappa shape index (κ3) is 4.81. The lowest BCUT2D eigenvalue weighted by Crippen LogP contribution is -2.37. The van der Waals surface area contributed by atoms with Gasteiger partial charge in [0.2, 0.25) is 0 Å². The molecule has 6 heteroatoms. The summed E-state index contributed by atoms with van der Waals surface area (Å²) in [5, 5.41) is 1.66. The van der Waals surface area contributed by atoms with E-state index in [4.69, 9.17) is 15.2 Å². The zero-order valence-electron chi connectivity index (χ0n) is 12.1. The second kappa shape index (κ2) is 7.40. The van der Waals surface area contributed by atoms with E-state index >= 15 is 0 Å². The number of hydrogen-bond acceptors (Lipinski definition) is 6. The van der Waals surface area contributed by atoms with Crippen LogP contribution in [0.5, 0.6) is 11.5 Å². The summed E-state index contributed by atoms with van der Waals surface area (Å²) in [5.74, 6) is 1.03. The number of carbonyl (C=O) groups excluding carboxylic acids is 1. The van der Waals surface area contributed by atoms with Gasteiger partial charge in [0, 0.05) is 20.5 Å². The predicted octanol–water partition coefficient (Wildman–Crippen LogP) is 1.03. The lowest BCUT2D eigenvalue weighted by Gasteiger charge is -2.19. The van der Waals surface area contributed by atoms with Gasteiger partial charge in [0.1, 0.15) is 5.82 Å². The minimum Gasteiger partial charge on any atom is -0.493 e. The van der Waals surface area contributed by atoms with E-state index in [1.165, 1.54) is 14.0 Å². The molecule has 0 spiro atoms. The number of hydrazine groups is 1. The third-order valence-corrected chi connectivity index (χ3v) is 2.68. The van der Waals surface area contributed by atoms with Crippen LogP contribution >= 0.6 is 0 Å². The summed E-state index contributed by atoms with van der Waals surface area (Å²) >= 11 is 0. The molecule has 6 nitrogen and oxygen atoms in total. The Bertz CT molecular complexity index is 489. The Morgan fingerprint density at radius 2 is 2.15 bits per heavy atom. The number of benzene rings is 1. The topological polar surface area (TPSA) is 76.8 Å². The van der Waals surface area contributed by atoms with E-state index in [0.717, 1.165) is 12.0 Å². The van der Waals surface area contributed by atoms with Crippen LogP contribution < -0.4 is 20.6 Å². The molecule has 0 saturated carbocycles. The quantitative estimate of drug-likeness (QED) is 0.441. The first-order valence-corrected chi connectivity index (χ1v) is 6.21. The predicted molar refractivity (Wildman–Crippen MR) is 77.1 cm³/mol. The molecule has 0 fully saturated rings. The molecule has 0 aromatic heterocycles. The van der Waals surface area contributed by atoms with Crippen molar-refractivity contribution in [2.45, 2.75) is 13.3 Å². The largest absolute Gasteiger partial charge is 0.493 e. The Kier molecular flexibility index (Phi) is 5.86. The van der Waals surface area contributed by atoms with Gasteiger partial charge >= 0.3 is 5.97 Å². The van der Waals surface area contributed by atoms with Crippen molar-refractivity contribution in [1.29, 1.82) is 0 Å². The number of ether oxygens (including phenoxy) is 2. The van der Waals surface area contributed by atoms with Crippen LogP contribution in [-0.4, -0.2) is 31.7 Å². The summed E-state index contributed by atoms with van der Waals surface area (Å²) in [6.45, 7) is 5.67. The van der Waals surface area contributed by atoms with Crippen molar-refractivity contribution in [3.63, 3.8) is 0 Å². The standard InChI is InChI=1S/C14H21N3O3/c1-10(15)17(3)16-8-7-12-5-6-13(20-11(2)18)14(9-12)19-4/h5-6,9,16H,1,7-8,15H2,2-4H3. The van der Waals surface area contributed by atoms with Gasteiger partial charge in [-0.05, 0) is 24.1 Å². The number of nitrogens with two attached hydrogens (primary N) is 1. The van der Waals surface area contributed by atoms with Crippen LogP contribution in [0.4, 0.5) is 0 Å². The Hall–Kier alpha value is -2.21. The minimum atomic E-state index is -0.374. The molecule has 1 aromatic carbocycles. The molecule has 3 N–H and O–H groups in total. The lowest BCUT2D eigenvalue weighted by molar-refractivity contribution is -0.132. The van der Waals surface area contributed by atoms with Crippen LogP contribution in [0.25, 0.3) is 0 Å². The smallest absolute Gasteiger partial charge is 0.308 e. The molecule has 0 aliphatic rings. The molecule has 20 heavy (non-hydrogen) atoms. The van der Waals surface area contributed by atoms with Gasteiger partial charge in [-0.15, -0.1) is 0 Å². The number of hydrogen-bond donors (Lipinski definition) is 2. The molecule has 1 aromatic rings. The first kappa shape index (κ1) is 15.8. The van der Waals surface area contributed by atoms with Crippen LogP contribution in [0.1, 0.15) is 12.5 Å². The highest BCUT2D eigenvalue weighted by Gasteiger charge is 2.08. The van der Waals surface area contributed by atoms with Gasteiger partial charge < -0.3 is 15.2 Å². The number of rotatable bonds is 7. The number of nitrogens with one attached hydrogen (secondary N) is 1. The second-order valence-corrected chi connectivity index (χ2v) is 4.29. The van der Waals surface area contributed by atoms with Crippen LogP contribution in [0.15, 0.2) is 30.6 Å². The summed E-state index contributed by atoms with van der Waals surface area (Å²) in [7, 11) is 3.34. The van der Waals surface area contributed by atoms with Gasteiger partial charge in [0.25, 0.3) is 0 Å².